The lowest BCUT2D eigenvalue weighted by atomic mass is 10.4. The lowest BCUT2D eigenvalue weighted by Gasteiger charge is -1.98. The van der Waals surface area contributed by atoms with Gasteiger partial charge in [-0.2, -0.15) is 0 Å². The molecule has 0 bridgehead atoms. The molecular formula is C11H16N2S. The number of hydrogen-bond donors (Lipinski definition) is 1. The second-order valence-corrected chi connectivity index (χ2v) is 5.70. The minimum atomic E-state index is 0.772. The van der Waals surface area contributed by atoms with Gasteiger partial charge in [-0.3, -0.25) is 0 Å². The SMILES string of the molecule is CC1CC1NCc1nc2c(s1)CCC2. The monoisotopic (exact) mass is 208 g/mol. The van der Waals surface area contributed by atoms with Gasteiger partial charge in [0.15, 0.2) is 0 Å². The van der Waals surface area contributed by atoms with Gasteiger partial charge >= 0.3 is 0 Å². The Morgan fingerprint density at radius 1 is 1.50 bits per heavy atom. The van der Waals surface area contributed by atoms with Crippen molar-refractivity contribution in [3.8, 4) is 0 Å². The van der Waals surface area contributed by atoms with Gasteiger partial charge in [0.1, 0.15) is 5.01 Å². The molecule has 1 N–H and O–H groups in total. The van der Waals surface area contributed by atoms with Crippen molar-refractivity contribution < 1.29 is 0 Å². The summed E-state index contributed by atoms with van der Waals surface area (Å²) in [5.74, 6) is 0.891. The molecule has 1 fully saturated rings. The van der Waals surface area contributed by atoms with Crippen LogP contribution in [-0.4, -0.2) is 11.0 Å². The van der Waals surface area contributed by atoms with Crippen molar-refractivity contribution in [1.29, 1.82) is 0 Å². The van der Waals surface area contributed by atoms with E-state index in [4.69, 9.17) is 0 Å². The van der Waals surface area contributed by atoms with Crippen LogP contribution in [0.5, 0.6) is 0 Å². The second-order valence-electron chi connectivity index (χ2n) is 4.53. The van der Waals surface area contributed by atoms with E-state index in [0.717, 1.165) is 18.5 Å². The van der Waals surface area contributed by atoms with Crippen LogP contribution in [0.2, 0.25) is 0 Å². The number of thiazole rings is 1. The van der Waals surface area contributed by atoms with Gasteiger partial charge in [-0.1, -0.05) is 6.92 Å². The Bertz CT molecular complexity index is 324. The molecule has 1 saturated carbocycles. The fraction of sp³-hybridized carbons (Fsp3) is 0.727. The molecule has 14 heavy (non-hydrogen) atoms. The van der Waals surface area contributed by atoms with Gasteiger partial charge in [-0.25, -0.2) is 4.98 Å². The highest BCUT2D eigenvalue weighted by atomic mass is 32.1. The Balaban J connectivity index is 1.61. The summed E-state index contributed by atoms with van der Waals surface area (Å²) in [6.45, 7) is 3.30. The van der Waals surface area contributed by atoms with Crippen LogP contribution in [0.15, 0.2) is 0 Å². The van der Waals surface area contributed by atoms with Crippen LogP contribution in [0.4, 0.5) is 0 Å². The highest BCUT2D eigenvalue weighted by Gasteiger charge is 2.32. The highest BCUT2D eigenvalue weighted by molar-refractivity contribution is 7.11. The quantitative estimate of drug-likeness (QED) is 0.823. The first kappa shape index (κ1) is 8.86. The molecule has 0 aliphatic heterocycles. The maximum Gasteiger partial charge on any atom is 0.107 e. The number of rotatable bonds is 3. The van der Waals surface area contributed by atoms with Gasteiger partial charge in [0, 0.05) is 17.5 Å². The molecular weight excluding hydrogens is 192 g/mol. The molecule has 2 aliphatic carbocycles. The third kappa shape index (κ3) is 1.59. The molecule has 3 rings (SSSR count). The summed E-state index contributed by atoms with van der Waals surface area (Å²) < 4.78 is 0. The Morgan fingerprint density at radius 3 is 3.07 bits per heavy atom. The summed E-state index contributed by atoms with van der Waals surface area (Å²) in [6, 6.07) is 0.772. The first-order valence-electron chi connectivity index (χ1n) is 5.54. The van der Waals surface area contributed by atoms with E-state index in [9.17, 15) is 0 Å². The van der Waals surface area contributed by atoms with E-state index >= 15 is 0 Å². The average molecular weight is 208 g/mol. The molecule has 2 aliphatic rings. The van der Waals surface area contributed by atoms with E-state index in [0.29, 0.717) is 0 Å². The molecule has 1 aromatic rings. The fourth-order valence-electron chi connectivity index (χ4n) is 2.14. The number of aromatic nitrogens is 1. The third-order valence-corrected chi connectivity index (χ3v) is 4.42. The molecule has 0 radical (unpaired) electrons. The van der Waals surface area contributed by atoms with Gasteiger partial charge in [-0.15, -0.1) is 11.3 Å². The van der Waals surface area contributed by atoms with E-state index < -0.39 is 0 Å². The summed E-state index contributed by atoms with van der Waals surface area (Å²) in [5.41, 5.74) is 1.38. The van der Waals surface area contributed by atoms with Crippen LogP contribution in [0.25, 0.3) is 0 Å². The smallest absolute Gasteiger partial charge is 0.107 e. The van der Waals surface area contributed by atoms with Gasteiger partial charge in [0.05, 0.1) is 5.69 Å². The zero-order valence-corrected chi connectivity index (χ0v) is 9.36. The number of nitrogens with zero attached hydrogens (tertiary/aromatic N) is 1. The van der Waals surface area contributed by atoms with Crippen molar-refractivity contribution >= 4 is 11.3 Å². The molecule has 0 spiro atoms. The summed E-state index contributed by atoms with van der Waals surface area (Å²) in [6.07, 6.45) is 5.16. The third-order valence-electron chi connectivity index (χ3n) is 3.26. The molecule has 1 heterocycles. The van der Waals surface area contributed by atoms with Gasteiger partial charge < -0.3 is 5.32 Å². The molecule has 0 aromatic carbocycles. The molecule has 2 unspecified atom stereocenters. The first-order chi connectivity index (χ1) is 6.83. The molecule has 76 valence electrons. The maximum absolute atomic E-state index is 4.67. The van der Waals surface area contributed by atoms with Crippen LogP contribution < -0.4 is 5.32 Å². The van der Waals surface area contributed by atoms with E-state index in [1.54, 1.807) is 4.88 Å². The Morgan fingerprint density at radius 2 is 2.36 bits per heavy atom. The van der Waals surface area contributed by atoms with Crippen LogP contribution in [-0.2, 0) is 19.4 Å². The Labute approximate surface area is 88.7 Å². The highest BCUT2D eigenvalue weighted by Crippen LogP contribution is 2.31. The number of fused-ring (bicyclic) bond motifs is 1. The lowest BCUT2D eigenvalue weighted by molar-refractivity contribution is 0.648. The first-order valence-corrected chi connectivity index (χ1v) is 6.35. The van der Waals surface area contributed by atoms with Crippen molar-refractivity contribution in [2.45, 2.75) is 45.2 Å². The molecule has 3 heteroatoms. The van der Waals surface area contributed by atoms with Gasteiger partial charge in [-0.05, 0) is 31.6 Å². The largest absolute Gasteiger partial charge is 0.307 e. The predicted octanol–water partition coefficient (Wildman–Crippen LogP) is 2.13. The maximum atomic E-state index is 4.67. The average Bonchev–Trinajstić information content (AvgIpc) is 2.61. The van der Waals surface area contributed by atoms with E-state index in [1.807, 2.05) is 11.3 Å². The number of hydrogen-bond acceptors (Lipinski definition) is 3. The molecule has 2 nitrogen and oxygen atoms in total. The van der Waals surface area contributed by atoms with Crippen LogP contribution >= 0.6 is 11.3 Å². The summed E-state index contributed by atoms with van der Waals surface area (Å²) in [7, 11) is 0. The molecule has 2 atom stereocenters. The minimum Gasteiger partial charge on any atom is -0.307 e. The zero-order valence-electron chi connectivity index (χ0n) is 8.55. The standard InChI is InChI=1S/C11H16N2S/c1-7-5-9(7)12-6-11-13-8-3-2-4-10(8)14-11/h7,9,12H,2-6H2,1H3. The fourth-order valence-corrected chi connectivity index (χ4v) is 3.25. The molecule has 0 amide bonds. The Hall–Kier alpha value is -0.410. The van der Waals surface area contributed by atoms with Crippen LogP contribution in [0, 0.1) is 5.92 Å². The topological polar surface area (TPSA) is 24.9 Å². The van der Waals surface area contributed by atoms with Crippen LogP contribution in [0.3, 0.4) is 0 Å². The molecule has 1 aromatic heterocycles. The zero-order chi connectivity index (χ0) is 9.54. The second kappa shape index (κ2) is 3.31. The lowest BCUT2D eigenvalue weighted by Crippen LogP contribution is -2.16. The predicted molar refractivity (Wildman–Crippen MR) is 58.5 cm³/mol. The van der Waals surface area contributed by atoms with Gasteiger partial charge in [0.2, 0.25) is 0 Å². The normalized spacial score (nSPS) is 29.2. The van der Waals surface area contributed by atoms with Gasteiger partial charge in [0.25, 0.3) is 0 Å². The number of aryl methyl sites for hydroxylation is 2. The molecule has 0 saturated heterocycles. The van der Waals surface area contributed by atoms with Crippen LogP contribution in [0.1, 0.15) is 35.3 Å². The van der Waals surface area contributed by atoms with Crippen molar-refractivity contribution in [1.82, 2.24) is 10.3 Å². The summed E-state index contributed by atoms with van der Waals surface area (Å²) in [5, 5.41) is 4.86. The Kier molecular flexibility index (Phi) is 2.10. The van der Waals surface area contributed by atoms with E-state index in [1.165, 1.54) is 36.4 Å². The van der Waals surface area contributed by atoms with E-state index in [-0.39, 0.29) is 0 Å². The minimum absolute atomic E-state index is 0.772. The summed E-state index contributed by atoms with van der Waals surface area (Å²) >= 11 is 1.92. The van der Waals surface area contributed by atoms with Crippen molar-refractivity contribution in [3.05, 3.63) is 15.6 Å². The van der Waals surface area contributed by atoms with Crippen molar-refractivity contribution in [2.24, 2.45) is 5.92 Å². The van der Waals surface area contributed by atoms with Crippen molar-refractivity contribution in [2.75, 3.05) is 0 Å². The summed E-state index contributed by atoms with van der Waals surface area (Å²) in [4.78, 5) is 6.22. The number of nitrogens with one attached hydrogen (secondary N) is 1. The van der Waals surface area contributed by atoms with Crippen molar-refractivity contribution in [3.63, 3.8) is 0 Å². The van der Waals surface area contributed by atoms with E-state index in [2.05, 4.69) is 17.2 Å².